The molecule has 2 N–H and O–H groups in total. The first kappa shape index (κ1) is 9.24. The molecule has 1 aliphatic rings. The van der Waals surface area contributed by atoms with Crippen LogP contribution in [0.25, 0.3) is 0 Å². The van der Waals surface area contributed by atoms with E-state index >= 15 is 0 Å². The van der Waals surface area contributed by atoms with Crippen LogP contribution in [0.3, 0.4) is 0 Å². The molecule has 0 aromatic carbocycles. The minimum absolute atomic E-state index is 0.716. The Kier molecular flexibility index (Phi) is 3.11. The average Bonchev–Trinajstić information content (AvgIpc) is 1.94. The molecule has 1 saturated heterocycles. The van der Waals surface area contributed by atoms with Crippen molar-refractivity contribution in [2.75, 3.05) is 45.2 Å². The highest BCUT2D eigenvalue weighted by Gasteiger charge is 2.22. The number of nitrogens with zero attached hydrogens (tertiary/aromatic N) is 1. The van der Waals surface area contributed by atoms with E-state index in [9.17, 15) is 4.57 Å². The predicted octanol–water partition coefficient (Wildman–Crippen LogP) is 0.254. The molecule has 1 aliphatic heterocycles. The zero-order chi connectivity index (χ0) is 8.32. The molecule has 0 aromatic rings. The molecule has 1 fully saturated rings. The third kappa shape index (κ3) is 2.94. The first-order chi connectivity index (χ1) is 5.14. The summed E-state index contributed by atoms with van der Waals surface area (Å²) in [5.74, 6) is 0. The van der Waals surface area contributed by atoms with Crippen LogP contribution in [0.1, 0.15) is 0 Å². The van der Waals surface area contributed by atoms with Gasteiger partial charge in [-0.25, -0.2) is 0 Å². The van der Waals surface area contributed by atoms with Crippen molar-refractivity contribution in [3.8, 4) is 0 Å². The highest BCUT2D eigenvalue weighted by atomic mass is 31.2. The molecule has 0 spiro atoms. The van der Waals surface area contributed by atoms with Crippen LogP contribution >= 0.6 is 7.14 Å². The fourth-order valence-electron chi connectivity index (χ4n) is 1.34. The summed E-state index contributed by atoms with van der Waals surface area (Å²) < 4.78 is 11.5. The van der Waals surface area contributed by atoms with E-state index in [2.05, 4.69) is 4.90 Å². The summed E-state index contributed by atoms with van der Waals surface area (Å²) in [7, 11) is -1.73. The van der Waals surface area contributed by atoms with Crippen molar-refractivity contribution < 1.29 is 4.57 Å². The van der Waals surface area contributed by atoms with Crippen LogP contribution in [0.4, 0.5) is 0 Å². The third-order valence-corrected chi connectivity index (χ3v) is 4.52. The lowest BCUT2D eigenvalue weighted by Gasteiger charge is -2.29. The Labute approximate surface area is 68.3 Å². The van der Waals surface area contributed by atoms with Gasteiger partial charge in [0.1, 0.15) is 0 Å². The summed E-state index contributed by atoms with van der Waals surface area (Å²) in [5.41, 5.74) is 5.42. The van der Waals surface area contributed by atoms with E-state index in [1.54, 1.807) is 0 Å². The van der Waals surface area contributed by atoms with Gasteiger partial charge in [-0.15, -0.1) is 0 Å². The van der Waals surface area contributed by atoms with Crippen molar-refractivity contribution in [1.29, 1.82) is 0 Å². The topological polar surface area (TPSA) is 46.3 Å². The zero-order valence-corrected chi connectivity index (χ0v) is 8.02. The van der Waals surface area contributed by atoms with Crippen LogP contribution in [-0.4, -0.2) is 50.1 Å². The van der Waals surface area contributed by atoms with E-state index in [-0.39, 0.29) is 0 Å². The van der Waals surface area contributed by atoms with Gasteiger partial charge in [0.15, 0.2) is 0 Å². The number of hydrogen-bond donors (Lipinski definition) is 1. The Hall–Kier alpha value is 0.150. The maximum absolute atomic E-state index is 11.5. The SMILES string of the molecule is CP1(=O)CCN(CCN)CC1. The Bertz CT molecular complexity index is 160. The van der Waals surface area contributed by atoms with Crippen molar-refractivity contribution in [3.63, 3.8) is 0 Å². The van der Waals surface area contributed by atoms with E-state index in [1.807, 2.05) is 6.66 Å². The molecule has 0 aliphatic carbocycles. The molecule has 0 radical (unpaired) electrons. The van der Waals surface area contributed by atoms with E-state index in [1.165, 1.54) is 0 Å². The second kappa shape index (κ2) is 3.70. The summed E-state index contributed by atoms with van der Waals surface area (Å²) in [6, 6.07) is 0. The molecular weight excluding hydrogens is 159 g/mol. The fourth-order valence-corrected chi connectivity index (χ4v) is 2.97. The van der Waals surface area contributed by atoms with Gasteiger partial charge in [0.2, 0.25) is 0 Å². The first-order valence-electron chi connectivity index (χ1n) is 4.12. The molecule has 0 unspecified atom stereocenters. The van der Waals surface area contributed by atoms with Crippen molar-refractivity contribution in [2.24, 2.45) is 5.73 Å². The van der Waals surface area contributed by atoms with Gasteiger partial charge < -0.3 is 15.2 Å². The fraction of sp³-hybridized carbons (Fsp3) is 1.00. The lowest BCUT2D eigenvalue weighted by molar-refractivity contribution is 0.303. The lowest BCUT2D eigenvalue weighted by Crippen LogP contribution is -2.37. The van der Waals surface area contributed by atoms with Gasteiger partial charge in [0, 0.05) is 38.5 Å². The predicted molar refractivity (Wildman–Crippen MR) is 48.8 cm³/mol. The summed E-state index contributed by atoms with van der Waals surface area (Å²) >= 11 is 0. The molecule has 0 bridgehead atoms. The standard InChI is InChI=1S/C7H17N2OP/c1-11(10)6-4-9(3-2-8)5-7-11/h2-8H2,1H3. The second-order valence-electron chi connectivity index (χ2n) is 3.37. The highest BCUT2D eigenvalue weighted by Crippen LogP contribution is 2.42. The zero-order valence-electron chi connectivity index (χ0n) is 7.12. The monoisotopic (exact) mass is 176 g/mol. The van der Waals surface area contributed by atoms with Crippen LogP contribution < -0.4 is 5.73 Å². The minimum Gasteiger partial charge on any atom is -0.329 e. The van der Waals surface area contributed by atoms with Crippen LogP contribution in [0.5, 0.6) is 0 Å². The third-order valence-electron chi connectivity index (χ3n) is 2.22. The second-order valence-corrected chi connectivity index (χ2v) is 6.86. The van der Waals surface area contributed by atoms with Crippen LogP contribution in [0.2, 0.25) is 0 Å². The molecule has 0 aromatic heterocycles. The van der Waals surface area contributed by atoms with Gasteiger partial charge in [-0.3, -0.25) is 0 Å². The molecule has 66 valence electrons. The smallest absolute Gasteiger partial charge is 0.0873 e. The highest BCUT2D eigenvalue weighted by molar-refractivity contribution is 7.63. The van der Waals surface area contributed by atoms with Gasteiger partial charge in [-0.2, -0.15) is 0 Å². The quantitative estimate of drug-likeness (QED) is 0.614. The summed E-state index contributed by atoms with van der Waals surface area (Å²) in [6.07, 6.45) is 1.76. The van der Waals surface area contributed by atoms with E-state index in [4.69, 9.17) is 5.73 Å². The molecule has 11 heavy (non-hydrogen) atoms. The molecular formula is C7H17N2OP. The molecule has 0 amide bonds. The van der Waals surface area contributed by atoms with Crippen LogP contribution in [-0.2, 0) is 4.57 Å². The number of rotatable bonds is 2. The molecule has 0 saturated carbocycles. The number of nitrogens with two attached hydrogens (primary N) is 1. The van der Waals surface area contributed by atoms with E-state index in [0.29, 0.717) is 6.54 Å². The van der Waals surface area contributed by atoms with Crippen molar-refractivity contribution in [2.45, 2.75) is 0 Å². The van der Waals surface area contributed by atoms with Crippen LogP contribution in [0.15, 0.2) is 0 Å². The average molecular weight is 176 g/mol. The molecule has 1 rings (SSSR count). The van der Waals surface area contributed by atoms with Gasteiger partial charge in [0.25, 0.3) is 0 Å². The maximum atomic E-state index is 11.5. The molecule has 0 atom stereocenters. The largest absolute Gasteiger partial charge is 0.329 e. The Balaban J connectivity index is 2.30. The van der Waals surface area contributed by atoms with Gasteiger partial charge in [0.05, 0.1) is 7.14 Å². The maximum Gasteiger partial charge on any atom is 0.0873 e. The van der Waals surface area contributed by atoms with Gasteiger partial charge >= 0.3 is 0 Å². The Morgan fingerprint density at radius 2 is 2.00 bits per heavy atom. The summed E-state index contributed by atoms with van der Waals surface area (Å²) in [4.78, 5) is 2.29. The summed E-state index contributed by atoms with van der Waals surface area (Å²) in [5, 5.41) is 0. The van der Waals surface area contributed by atoms with Gasteiger partial charge in [-0.05, 0) is 6.66 Å². The summed E-state index contributed by atoms with van der Waals surface area (Å²) in [6.45, 7) is 5.54. The molecule has 4 heteroatoms. The van der Waals surface area contributed by atoms with Crippen molar-refractivity contribution >= 4 is 7.14 Å². The van der Waals surface area contributed by atoms with E-state index in [0.717, 1.165) is 32.0 Å². The molecule has 3 nitrogen and oxygen atoms in total. The van der Waals surface area contributed by atoms with E-state index < -0.39 is 7.14 Å². The van der Waals surface area contributed by atoms with Crippen molar-refractivity contribution in [1.82, 2.24) is 4.90 Å². The molecule has 1 heterocycles. The normalized spacial score (nSPS) is 25.3. The van der Waals surface area contributed by atoms with Gasteiger partial charge in [-0.1, -0.05) is 0 Å². The number of hydrogen-bond acceptors (Lipinski definition) is 3. The minimum atomic E-state index is -1.73. The Morgan fingerprint density at radius 3 is 2.45 bits per heavy atom. The van der Waals surface area contributed by atoms with Crippen LogP contribution in [0, 0.1) is 0 Å². The Morgan fingerprint density at radius 1 is 1.45 bits per heavy atom. The lowest BCUT2D eigenvalue weighted by atomic mass is 10.4. The first-order valence-corrected chi connectivity index (χ1v) is 6.64. The van der Waals surface area contributed by atoms with Crippen molar-refractivity contribution in [3.05, 3.63) is 0 Å².